The minimum Gasteiger partial charge on any atom is -0.484 e. The number of hydrogen-bond acceptors (Lipinski definition) is 5. The minimum atomic E-state index is -0.190. The number of hydrogen-bond donors (Lipinski definition) is 1. The van der Waals surface area contributed by atoms with Gasteiger partial charge in [-0.1, -0.05) is 19.1 Å². The molecule has 0 aliphatic heterocycles. The molecule has 0 aliphatic carbocycles. The molecule has 1 N–H and O–H groups in total. The first kappa shape index (κ1) is 18.9. The van der Waals surface area contributed by atoms with E-state index in [-0.39, 0.29) is 12.5 Å². The Morgan fingerprint density at radius 2 is 1.85 bits per heavy atom. The van der Waals surface area contributed by atoms with E-state index in [1.54, 1.807) is 18.5 Å². The summed E-state index contributed by atoms with van der Waals surface area (Å²) < 4.78 is 5.55. The van der Waals surface area contributed by atoms with E-state index in [4.69, 9.17) is 4.74 Å². The lowest BCUT2D eigenvalue weighted by molar-refractivity contribution is -0.118. The summed E-state index contributed by atoms with van der Waals surface area (Å²) in [7, 11) is 0. The van der Waals surface area contributed by atoms with Crippen LogP contribution < -0.4 is 10.1 Å². The van der Waals surface area contributed by atoms with Crippen LogP contribution in [-0.4, -0.2) is 22.5 Å². The lowest BCUT2D eigenvalue weighted by atomic mass is 10.2. The monoisotopic (exact) mass is 379 g/mol. The highest BCUT2D eigenvalue weighted by molar-refractivity contribution is 7.99. The van der Waals surface area contributed by atoms with E-state index in [0.717, 1.165) is 22.6 Å². The molecule has 1 aromatic heterocycles. The Hall–Kier alpha value is -2.86. The fourth-order valence-corrected chi connectivity index (χ4v) is 3.25. The number of carbonyl (C=O) groups is 1. The zero-order chi connectivity index (χ0) is 19.1. The second kappa shape index (κ2) is 9.19. The number of ether oxygens (including phenoxy) is 1. The predicted molar refractivity (Wildman–Crippen MR) is 107 cm³/mol. The lowest BCUT2D eigenvalue weighted by Crippen LogP contribution is -2.20. The van der Waals surface area contributed by atoms with E-state index >= 15 is 0 Å². The molecule has 3 rings (SSSR count). The van der Waals surface area contributed by atoms with Crippen molar-refractivity contribution < 1.29 is 9.53 Å². The van der Waals surface area contributed by atoms with Gasteiger partial charge in [-0.2, -0.15) is 0 Å². The van der Waals surface area contributed by atoms with Crippen LogP contribution in [0.4, 0.5) is 5.69 Å². The van der Waals surface area contributed by atoms with E-state index in [2.05, 4.69) is 22.2 Å². The van der Waals surface area contributed by atoms with Crippen LogP contribution in [0.15, 0.2) is 71.0 Å². The van der Waals surface area contributed by atoms with Crippen molar-refractivity contribution in [2.24, 2.45) is 0 Å². The van der Waals surface area contributed by atoms with Crippen molar-refractivity contribution in [3.05, 3.63) is 72.1 Å². The van der Waals surface area contributed by atoms with Crippen molar-refractivity contribution in [1.29, 1.82) is 0 Å². The normalized spacial score (nSPS) is 10.4. The number of aryl methyl sites for hydroxylation is 2. The van der Waals surface area contributed by atoms with Crippen molar-refractivity contribution in [1.82, 2.24) is 9.97 Å². The third-order valence-electron chi connectivity index (χ3n) is 3.92. The van der Waals surface area contributed by atoms with Crippen LogP contribution in [0.2, 0.25) is 0 Å². The van der Waals surface area contributed by atoms with Gasteiger partial charge < -0.3 is 10.1 Å². The maximum atomic E-state index is 12.2. The lowest BCUT2D eigenvalue weighted by Gasteiger charge is -2.11. The molecule has 27 heavy (non-hydrogen) atoms. The fourth-order valence-electron chi connectivity index (χ4n) is 2.44. The summed E-state index contributed by atoms with van der Waals surface area (Å²) in [6.07, 6.45) is 4.41. The standard InChI is InChI=1S/C21H21N3O2S/c1-3-16-5-7-17(8-6-16)26-14-20(25)24-19-10-9-18(13-15(19)2)27-21-22-11-4-12-23-21/h4-13H,3,14H2,1-2H3,(H,24,25). The molecule has 1 heterocycles. The summed E-state index contributed by atoms with van der Waals surface area (Å²) in [5.41, 5.74) is 2.97. The Morgan fingerprint density at radius 3 is 2.52 bits per heavy atom. The molecule has 0 fully saturated rings. The molecule has 0 saturated heterocycles. The summed E-state index contributed by atoms with van der Waals surface area (Å²) in [6, 6.07) is 15.4. The summed E-state index contributed by atoms with van der Waals surface area (Å²) >= 11 is 1.48. The van der Waals surface area contributed by atoms with Crippen LogP contribution in [-0.2, 0) is 11.2 Å². The van der Waals surface area contributed by atoms with Gasteiger partial charge in [0.25, 0.3) is 5.91 Å². The average Bonchev–Trinajstić information content (AvgIpc) is 2.70. The molecule has 0 spiro atoms. The highest BCUT2D eigenvalue weighted by Crippen LogP contribution is 2.27. The molecule has 3 aromatic rings. The number of carbonyl (C=O) groups excluding carboxylic acids is 1. The molecule has 0 saturated carbocycles. The summed E-state index contributed by atoms with van der Waals surface area (Å²) in [5, 5.41) is 3.58. The summed E-state index contributed by atoms with van der Waals surface area (Å²) in [4.78, 5) is 21.6. The molecule has 1 amide bonds. The molecular weight excluding hydrogens is 358 g/mol. The minimum absolute atomic E-state index is 0.0285. The smallest absolute Gasteiger partial charge is 0.262 e. The summed E-state index contributed by atoms with van der Waals surface area (Å²) in [5.74, 6) is 0.498. The largest absolute Gasteiger partial charge is 0.484 e. The van der Waals surface area contributed by atoms with Crippen LogP contribution in [0.25, 0.3) is 0 Å². The van der Waals surface area contributed by atoms with Crippen LogP contribution in [0.5, 0.6) is 5.75 Å². The Kier molecular flexibility index (Phi) is 6.44. The number of rotatable bonds is 7. The van der Waals surface area contributed by atoms with E-state index < -0.39 is 0 Å². The average molecular weight is 379 g/mol. The second-order valence-corrected chi connectivity index (χ2v) is 6.99. The van der Waals surface area contributed by atoms with Gasteiger partial charge in [-0.15, -0.1) is 0 Å². The maximum absolute atomic E-state index is 12.2. The zero-order valence-electron chi connectivity index (χ0n) is 15.3. The maximum Gasteiger partial charge on any atom is 0.262 e. The van der Waals surface area contributed by atoms with E-state index in [0.29, 0.717) is 10.9 Å². The second-order valence-electron chi connectivity index (χ2n) is 5.94. The van der Waals surface area contributed by atoms with Crippen LogP contribution in [0, 0.1) is 6.92 Å². The van der Waals surface area contributed by atoms with Gasteiger partial charge in [0, 0.05) is 23.0 Å². The number of anilines is 1. The topological polar surface area (TPSA) is 64.1 Å². The Balaban J connectivity index is 1.55. The van der Waals surface area contributed by atoms with Gasteiger partial charge in [-0.05, 0) is 72.6 Å². The Labute approximate surface area is 163 Å². The van der Waals surface area contributed by atoms with Gasteiger partial charge in [-0.3, -0.25) is 4.79 Å². The van der Waals surface area contributed by atoms with Crippen molar-refractivity contribution in [3.63, 3.8) is 0 Å². The van der Waals surface area contributed by atoms with Gasteiger partial charge in [-0.25, -0.2) is 9.97 Å². The van der Waals surface area contributed by atoms with Gasteiger partial charge in [0.05, 0.1) is 0 Å². The summed E-state index contributed by atoms with van der Waals surface area (Å²) in [6.45, 7) is 4.03. The van der Waals surface area contributed by atoms with Crippen molar-refractivity contribution >= 4 is 23.4 Å². The van der Waals surface area contributed by atoms with Gasteiger partial charge in [0.2, 0.25) is 0 Å². The molecule has 0 atom stereocenters. The highest BCUT2D eigenvalue weighted by Gasteiger charge is 2.08. The first-order valence-electron chi connectivity index (χ1n) is 8.71. The molecule has 0 bridgehead atoms. The first-order valence-corrected chi connectivity index (χ1v) is 9.53. The van der Waals surface area contributed by atoms with Crippen LogP contribution in [0.3, 0.4) is 0 Å². The molecule has 5 nitrogen and oxygen atoms in total. The molecule has 0 unspecified atom stereocenters. The highest BCUT2D eigenvalue weighted by atomic mass is 32.2. The third-order valence-corrected chi connectivity index (χ3v) is 4.81. The van der Waals surface area contributed by atoms with E-state index in [1.165, 1.54) is 17.3 Å². The Bertz CT molecular complexity index is 899. The van der Waals surface area contributed by atoms with E-state index in [9.17, 15) is 4.79 Å². The number of nitrogens with zero attached hydrogens (tertiary/aromatic N) is 2. The number of aromatic nitrogens is 2. The number of benzene rings is 2. The number of nitrogens with one attached hydrogen (secondary N) is 1. The van der Waals surface area contributed by atoms with Gasteiger partial charge >= 0.3 is 0 Å². The zero-order valence-corrected chi connectivity index (χ0v) is 16.1. The predicted octanol–water partition coefficient (Wildman–Crippen LogP) is 4.52. The van der Waals surface area contributed by atoms with Crippen LogP contribution >= 0.6 is 11.8 Å². The van der Waals surface area contributed by atoms with Crippen molar-refractivity contribution in [2.45, 2.75) is 30.3 Å². The van der Waals surface area contributed by atoms with Gasteiger partial charge in [0.15, 0.2) is 11.8 Å². The molecule has 6 heteroatoms. The molecular formula is C21H21N3O2S. The van der Waals surface area contributed by atoms with Crippen molar-refractivity contribution in [2.75, 3.05) is 11.9 Å². The molecule has 0 radical (unpaired) electrons. The molecule has 138 valence electrons. The quantitative estimate of drug-likeness (QED) is 0.612. The van der Waals surface area contributed by atoms with Crippen molar-refractivity contribution in [3.8, 4) is 5.75 Å². The fraction of sp³-hybridized carbons (Fsp3) is 0.190. The number of amides is 1. The SMILES string of the molecule is CCc1ccc(OCC(=O)Nc2ccc(Sc3ncccn3)cc2C)cc1. The third kappa shape index (κ3) is 5.56. The molecule has 2 aromatic carbocycles. The van der Waals surface area contributed by atoms with Gasteiger partial charge in [0.1, 0.15) is 5.75 Å². The molecule has 0 aliphatic rings. The van der Waals surface area contributed by atoms with E-state index in [1.807, 2.05) is 49.4 Å². The Morgan fingerprint density at radius 1 is 1.11 bits per heavy atom. The van der Waals surface area contributed by atoms with Crippen LogP contribution in [0.1, 0.15) is 18.1 Å². The first-order chi connectivity index (χ1) is 13.1.